The molecule has 2 rings (SSSR count). The molecular weight excluding hydrogens is 360 g/mol. The van der Waals surface area contributed by atoms with Crippen LogP contribution in [0.1, 0.15) is 16.8 Å². The Hall–Kier alpha value is -2.71. The molecule has 0 aliphatic carbocycles. The summed E-state index contributed by atoms with van der Waals surface area (Å²) in [6, 6.07) is 7.47. The monoisotopic (exact) mass is 380 g/mol. The molecule has 1 aromatic rings. The highest BCUT2D eigenvalue weighted by Gasteiger charge is 2.45. The third-order valence-electron chi connectivity index (χ3n) is 3.94. The molecule has 1 aliphatic rings. The number of amides is 1. The van der Waals surface area contributed by atoms with Crippen molar-refractivity contribution in [2.24, 2.45) is 0 Å². The van der Waals surface area contributed by atoms with Crippen molar-refractivity contribution in [1.82, 2.24) is 5.32 Å². The first-order valence-electron chi connectivity index (χ1n) is 8.05. The van der Waals surface area contributed by atoms with Crippen LogP contribution in [0.5, 0.6) is 5.75 Å². The summed E-state index contributed by atoms with van der Waals surface area (Å²) in [5.41, 5.74) is 0.295. The van der Waals surface area contributed by atoms with E-state index < -0.39 is 42.6 Å². The van der Waals surface area contributed by atoms with E-state index in [1.807, 2.05) is 0 Å². The first kappa shape index (κ1) is 20.6. The molecule has 0 bridgehead atoms. The molecule has 10 nitrogen and oxygen atoms in total. The number of aliphatic hydroxyl groups is 3. The van der Waals surface area contributed by atoms with Crippen LogP contribution in [0, 0.1) is 11.3 Å². The third kappa shape index (κ3) is 5.15. The van der Waals surface area contributed by atoms with Gasteiger partial charge in [0.05, 0.1) is 18.7 Å². The van der Waals surface area contributed by atoms with Gasteiger partial charge in [0.25, 0.3) is 0 Å². The fourth-order valence-electron chi connectivity index (χ4n) is 2.45. The maximum Gasteiger partial charge on any atom is 0.337 e. The summed E-state index contributed by atoms with van der Waals surface area (Å²) in [7, 11) is 1.25. The molecule has 10 heteroatoms. The summed E-state index contributed by atoms with van der Waals surface area (Å²) in [6.07, 6.45) is -7.35. The number of nitriles is 1. The van der Waals surface area contributed by atoms with Gasteiger partial charge in [-0.3, -0.25) is 4.79 Å². The summed E-state index contributed by atoms with van der Waals surface area (Å²) in [5, 5.41) is 40.9. The molecule has 1 amide bonds. The Balaban J connectivity index is 2.03. The molecular formula is C17H20N2O8. The molecule has 1 fully saturated rings. The van der Waals surface area contributed by atoms with Crippen LogP contribution in [-0.2, 0) is 14.3 Å². The van der Waals surface area contributed by atoms with Gasteiger partial charge in [-0.15, -0.1) is 0 Å². The molecule has 0 radical (unpaired) electrons. The highest BCUT2D eigenvalue weighted by Crippen LogP contribution is 2.24. The molecule has 0 saturated carbocycles. The second kappa shape index (κ2) is 9.29. The van der Waals surface area contributed by atoms with Gasteiger partial charge in [-0.2, -0.15) is 5.26 Å². The van der Waals surface area contributed by atoms with Crippen LogP contribution in [0.4, 0.5) is 0 Å². The third-order valence-corrected chi connectivity index (χ3v) is 3.94. The fraction of sp³-hybridized carbons (Fsp3) is 0.471. The van der Waals surface area contributed by atoms with E-state index in [2.05, 4.69) is 10.1 Å². The summed E-state index contributed by atoms with van der Waals surface area (Å²) < 4.78 is 15.5. The van der Waals surface area contributed by atoms with Crippen LogP contribution in [0.15, 0.2) is 24.3 Å². The molecule has 27 heavy (non-hydrogen) atoms. The Labute approximate surface area is 154 Å². The average Bonchev–Trinajstić information content (AvgIpc) is 2.67. The van der Waals surface area contributed by atoms with Gasteiger partial charge in [-0.05, 0) is 24.3 Å². The largest absolute Gasteiger partial charge is 0.465 e. The van der Waals surface area contributed by atoms with Crippen LogP contribution in [0.25, 0.3) is 0 Å². The van der Waals surface area contributed by atoms with Crippen molar-refractivity contribution in [2.45, 2.75) is 37.1 Å². The number of esters is 1. The van der Waals surface area contributed by atoms with E-state index >= 15 is 0 Å². The zero-order chi connectivity index (χ0) is 20.0. The summed E-state index contributed by atoms with van der Waals surface area (Å²) in [6.45, 7) is -0.188. The lowest BCUT2D eigenvalue weighted by molar-refractivity contribution is -0.270. The van der Waals surface area contributed by atoms with Crippen LogP contribution in [0.2, 0.25) is 0 Å². The van der Waals surface area contributed by atoms with Crippen LogP contribution in [0.3, 0.4) is 0 Å². The van der Waals surface area contributed by atoms with Crippen molar-refractivity contribution in [1.29, 1.82) is 5.26 Å². The smallest absolute Gasteiger partial charge is 0.337 e. The van der Waals surface area contributed by atoms with Crippen LogP contribution < -0.4 is 10.1 Å². The van der Waals surface area contributed by atoms with E-state index in [0.717, 1.165) is 0 Å². The standard InChI is InChI=1S/C17H20N2O8/c1-25-16(24)9-2-4-10(5-3-9)26-17-15(23)14(22)13(21)11(27-17)8-19-12(20)6-7-18/h2-5,11,13-15,17,21-23H,6,8H2,1H3,(H,19,20)/t11-,13-,14+,15+,17+/m1/s1. The number of carbonyl (C=O) groups is 2. The zero-order valence-corrected chi connectivity index (χ0v) is 14.4. The first-order chi connectivity index (χ1) is 12.9. The van der Waals surface area contributed by atoms with Gasteiger partial charge in [0.15, 0.2) is 0 Å². The van der Waals surface area contributed by atoms with E-state index in [1.165, 1.54) is 31.4 Å². The second-order valence-electron chi connectivity index (χ2n) is 5.79. The number of methoxy groups -OCH3 is 1. The number of nitrogens with one attached hydrogen (secondary N) is 1. The summed E-state index contributed by atoms with van der Waals surface area (Å²) >= 11 is 0. The molecule has 0 unspecified atom stereocenters. The van der Waals surface area contributed by atoms with Gasteiger partial charge < -0.3 is 34.8 Å². The van der Waals surface area contributed by atoms with Crippen LogP contribution in [-0.4, -0.2) is 71.6 Å². The van der Waals surface area contributed by atoms with Gasteiger partial charge in [0.2, 0.25) is 12.2 Å². The number of hydrogen-bond donors (Lipinski definition) is 4. The van der Waals surface area contributed by atoms with Gasteiger partial charge in [-0.25, -0.2) is 4.79 Å². The minimum absolute atomic E-state index is 0.188. The minimum atomic E-state index is -1.57. The Morgan fingerprint density at radius 3 is 2.44 bits per heavy atom. The van der Waals surface area contributed by atoms with Crippen molar-refractivity contribution >= 4 is 11.9 Å². The highest BCUT2D eigenvalue weighted by molar-refractivity contribution is 5.89. The molecule has 5 atom stereocenters. The van der Waals surface area contributed by atoms with E-state index in [4.69, 9.17) is 14.7 Å². The number of nitrogens with zero attached hydrogens (tertiary/aromatic N) is 1. The van der Waals surface area contributed by atoms with E-state index in [1.54, 1.807) is 6.07 Å². The molecule has 0 aromatic heterocycles. The maximum absolute atomic E-state index is 11.4. The second-order valence-corrected chi connectivity index (χ2v) is 5.79. The van der Waals surface area contributed by atoms with Gasteiger partial charge in [0.1, 0.15) is 36.6 Å². The van der Waals surface area contributed by atoms with Gasteiger partial charge in [0, 0.05) is 6.54 Å². The SMILES string of the molecule is COC(=O)c1ccc(O[C@H]2O[C@H](CNC(=O)CC#N)[C@@H](O)[C@H](O)[C@@H]2O)cc1. The lowest BCUT2D eigenvalue weighted by Gasteiger charge is -2.40. The van der Waals surface area contributed by atoms with Gasteiger partial charge in [-0.1, -0.05) is 0 Å². The Kier molecular flexibility index (Phi) is 7.09. The van der Waals surface area contributed by atoms with E-state index in [9.17, 15) is 24.9 Å². The number of benzene rings is 1. The molecule has 1 aliphatic heterocycles. The van der Waals surface area contributed by atoms with E-state index in [0.29, 0.717) is 5.56 Å². The van der Waals surface area contributed by atoms with Crippen molar-refractivity contribution in [3.63, 3.8) is 0 Å². The molecule has 1 aromatic carbocycles. The van der Waals surface area contributed by atoms with Crippen LogP contribution >= 0.6 is 0 Å². The quantitative estimate of drug-likeness (QED) is 0.440. The molecule has 1 saturated heterocycles. The number of hydrogen-bond acceptors (Lipinski definition) is 9. The fourth-order valence-corrected chi connectivity index (χ4v) is 2.45. The topological polar surface area (TPSA) is 158 Å². The minimum Gasteiger partial charge on any atom is -0.465 e. The molecule has 1 heterocycles. The lowest BCUT2D eigenvalue weighted by atomic mass is 9.99. The van der Waals surface area contributed by atoms with E-state index in [-0.39, 0.29) is 18.7 Å². The summed E-state index contributed by atoms with van der Waals surface area (Å²) in [5.74, 6) is -0.852. The Morgan fingerprint density at radius 2 is 1.85 bits per heavy atom. The van der Waals surface area contributed by atoms with Crippen molar-refractivity contribution in [3.8, 4) is 11.8 Å². The Bertz CT molecular complexity index is 702. The average molecular weight is 380 g/mol. The highest BCUT2D eigenvalue weighted by atomic mass is 16.7. The molecule has 146 valence electrons. The van der Waals surface area contributed by atoms with Gasteiger partial charge >= 0.3 is 5.97 Å². The first-order valence-corrected chi connectivity index (χ1v) is 8.05. The van der Waals surface area contributed by atoms with Crippen molar-refractivity contribution in [3.05, 3.63) is 29.8 Å². The molecule has 4 N–H and O–H groups in total. The number of ether oxygens (including phenoxy) is 3. The maximum atomic E-state index is 11.4. The number of rotatable bonds is 6. The Morgan fingerprint density at radius 1 is 1.19 bits per heavy atom. The normalized spacial score (nSPS) is 27.3. The van der Waals surface area contributed by atoms with Crippen molar-refractivity contribution in [2.75, 3.05) is 13.7 Å². The predicted octanol–water partition coefficient (Wildman–Crippen LogP) is -1.31. The number of carbonyl (C=O) groups excluding carboxylic acids is 2. The van der Waals surface area contributed by atoms with Crippen molar-refractivity contribution < 1.29 is 39.1 Å². The molecule has 0 spiro atoms. The summed E-state index contributed by atoms with van der Waals surface area (Å²) in [4.78, 5) is 22.8. The lowest BCUT2D eigenvalue weighted by Crippen LogP contribution is -2.61. The zero-order valence-electron chi connectivity index (χ0n) is 14.4. The predicted molar refractivity (Wildman–Crippen MR) is 88.3 cm³/mol. The number of aliphatic hydroxyl groups excluding tert-OH is 3.